The van der Waals surface area contributed by atoms with E-state index in [2.05, 4.69) is 10.6 Å². The highest BCUT2D eigenvalue weighted by Crippen LogP contribution is 2.33. The van der Waals surface area contributed by atoms with Gasteiger partial charge in [-0.3, -0.25) is 9.59 Å². The molecule has 3 rings (SSSR count). The summed E-state index contributed by atoms with van der Waals surface area (Å²) in [6, 6.07) is 11.8. The van der Waals surface area contributed by atoms with Crippen molar-refractivity contribution in [2.45, 2.75) is 0 Å². The van der Waals surface area contributed by atoms with Gasteiger partial charge in [-0.15, -0.1) is 0 Å². The van der Waals surface area contributed by atoms with Crippen LogP contribution in [0, 0.1) is 0 Å². The molecule has 4 nitrogen and oxygen atoms in total. The molecule has 10 heteroatoms. The molecule has 0 fully saturated rings. The fraction of sp³-hybridized carbons (Fsp3) is 0. The lowest BCUT2D eigenvalue weighted by Crippen LogP contribution is -2.16. The molecule has 0 spiro atoms. The van der Waals surface area contributed by atoms with E-state index >= 15 is 0 Å². The number of hydrogen-bond donors (Lipinski definition) is 2. The second kappa shape index (κ2) is 9.65. The van der Waals surface area contributed by atoms with Gasteiger partial charge >= 0.3 is 0 Å². The highest BCUT2D eigenvalue weighted by molar-refractivity contribution is 6.45. The Kier molecular flexibility index (Phi) is 7.40. The second-order valence-electron chi connectivity index (χ2n) is 5.98. The summed E-state index contributed by atoms with van der Waals surface area (Å²) in [4.78, 5) is 25.2. The van der Waals surface area contributed by atoms with Gasteiger partial charge in [0.25, 0.3) is 11.8 Å². The molecule has 0 bridgehead atoms. The minimum Gasteiger partial charge on any atom is -0.321 e. The summed E-state index contributed by atoms with van der Waals surface area (Å²) in [6.07, 6.45) is 0. The first kappa shape index (κ1) is 23.0. The van der Waals surface area contributed by atoms with Crippen molar-refractivity contribution < 1.29 is 9.59 Å². The van der Waals surface area contributed by atoms with Crippen LogP contribution in [0.1, 0.15) is 20.7 Å². The number of carbonyl (C=O) groups is 2. The quantitative estimate of drug-likeness (QED) is 0.340. The van der Waals surface area contributed by atoms with Crippen LogP contribution in [-0.2, 0) is 0 Å². The third-order valence-electron chi connectivity index (χ3n) is 3.90. The van der Waals surface area contributed by atoms with Crippen LogP contribution < -0.4 is 10.6 Å². The van der Waals surface area contributed by atoms with Crippen LogP contribution in [0.4, 0.5) is 11.4 Å². The summed E-state index contributed by atoms with van der Waals surface area (Å²) in [5, 5.41) is 6.72. The molecule has 154 valence electrons. The average Bonchev–Trinajstić information content (AvgIpc) is 2.70. The van der Waals surface area contributed by atoms with Crippen LogP contribution in [0.25, 0.3) is 0 Å². The molecule has 0 radical (unpaired) electrons. The molecule has 0 aliphatic carbocycles. The summed E-state index contributed by atoms with van der Waals surface area (Å²) in [7, 11) is 0. The van der Waals surface area contributed by atoms with Gasteiger partial charge in [-0.1, -0.05) is 75.7 Å². The Morgan fingerprint density at radius 2 is 0.900 bits per heavy atom. The van der Waals surface area contributed by atoms with Crippen LogP contribution in [0.2, 0.25) is 30.1 Å². The number of halogens is 6. The van der Waals surface area contributed by atoms with Crippen molar-refractivity contribution in [1.29, 1.82) is 0 Å². The normalized spacial score (nSPS) is 10.6. The maximum absolute atomic E-state index is 12.6. The van der Waals surface area contributed by atoms with Crippen molar-refractivity contribution >= 4 is 92.8 Å². The van der Waals surface area contributed by atoms with Crippen molar-refractivity contribution in [1.82, 2.24) is 0 Å². The van der Waals surface area contributed by atoms with Crippen molar-refractivity contribution in [3.63, 3.8) is 0 Å². The molecule has 0 saturated carbocycles. The molecule has 0 saturated heterocycles. The van der Waals surface area contributed by atoms with Gasteiger partial charge in [0.15, 0.2) is 0 Å². The number of nitrogens with one attached hydrogen (secondary N) is 2. The van der Waals surface area contributed by atoms with Crippen LogP contribution in [0.5, 0.6) is 0 Å². The Morgan fingerprint density at radius 3 is 1.30 bits per heavy atom. The largest absolute Gasteiger partial charge is 0.321 e. The minimum absolute atomic E-state index is 0.223. The number of carbonyl (C=O) groups excluding carboxylic acids is 2. The maximum atomic E-state index is 12.6. The topological polar surface area (TPSA) is 58.2 Å². The van der Waals surface area contributed by atoms with Gasteiger partial charge in [-0.2, -0.15) is 0 Å². The summed E-state index contributed by atoms with van der Waals surface area (Å²) in [5.74, 6) is -0.977. The highest BCUT2D eigenvalue weighted by Gasteiger charge is 2.15. The first-order valence-electron chi connectivity index (χ1n) is 8.17. The molecule has 0 aromatic heterocycles. The Labute approximate surface area is 202 Å². The van der Waals surface area contributed by atoms with E-state index in [9.17, 15) is 9.59 Å². The van der Waals surface area contributed by atoms with Crippen LogP contribution in [-0.4, -0.2) is 11.8 Å². The van der Waals surface area contributed by atoms with E-state index in [-0.39, 0.29) is 52.6 Å². The van der Waals surface area contributed by atoms with E-state index in [0.29, 0.717) is 0 Å². The maximum Gasteiger partial charge on any atom is 0.255 e. The highest BCUT2D eigenvalue weighted by atomic mass is 35.5. The Hall–Kier alpha value is -1.66. The lowest BCUT2D eigenvalue weighted by Gasteiger charge is -2.11. The molecule has 0 heterocycles. The monoisotopic (exact) mass is 520 g/mol. The molecule has 2 N–H and O–H groups in total. The van der Waals surface area contributed by atoms with Crippen LogP contribution in [0.3, 0.4) is 0 Å². The Balaban J connectivity index is 1.80. The molecule has 0 aliphatic heterocycles. The molecular formula is C20H10Cl6N2O2. The van der Waals surface area contributed by atoms with Gasteiger partial charge in [0.2, 0.25) is 0 Å². The van der Waals surface area contributed by atoms with Crippen molar-refractivity contribution in [2.75, 3.05) is 10.6 Å². The standard InChI is InChI=1S/C20H10Cl6N2O2/c21-11-5-15(25)17(7-13(11)23)27-19(29)9-2-1-3-10(4-9)20(30)28-18-8-14(24)12(22)6-16(18)26/h1-8H,(H,27,29)(H,28,30). The molecule has 0 unspecified atom stereocenters. The van der Waals surface area contributed by atoms with Crippen molar-refractivity contribution in [2.24, 2.45) is 0 Å². The first-order valence-corrected chi connectivity index (χ1v) is 10.4. The zero-order valence-electron chi connectivity index (χ0n) is 14.7. The first-order chi connectivity index (χ1) is 14.2. The summed E-state index contributed by atoms with van der Waals surface area (Å²) in [6.45, 7) is 0. The lowest BCUT2D eigenvalue weighted by molar-refractivity contribution is 0.102. The number of benzene rings is 3. The van der Waals surface area contributed by atoms with Gasteiger partial charge in [0, 0.05) is 11.1 Å². The van der Waals surface area contributed by atoms with Crippen molar-refractivity contribution in [3.05, 3.63) is 89.8 Å². The van der Waals surface area contributed by atoms with E-state index in [4.69, 9.17) is 69.6 Å². The predicted molar refractivity (Wildman–Crippen MR) is 125 cm³/mol. The smallest absolute Gasteiger partial charge is 0.255 e. The van der Waals surface area contributed by atoms with Crippen LogP contribution >= 0.6 is 69.6 Å². The van der Waals surface area contributed by atoms with E-state index in [1.165, 1.54) is 30.3 Å². The molecule has 0 atom stereocenters. The third kappa shape index (κ3) is 5.33. The second-order valence-corrected chi connectivity index (χ2v) is 8.42. The summed E-state index contributed by atoms with van der Waals surface area (Å²) < 4.78 is 0. The number of anilines is 2. The Bertz CT molecular complexity index is 1080. The molecule has 0 aliphatic rings. The van der Waals surface area contributed by atoms with Gasteiger partial charge in [-0.25, -0.2) is 0 Å². The van der Waals surface area contributed by atoms with E-state index < -0.39 is 11.8 Å². The Morgan fingerprint density at radius 1 is 0.533 bits per heavy atom. The molecule has 30 heavy (non-hydrogen) atoms. The number of hydrogen-bond acceptors (Lipinski definition) is 2. The van der Waals surface area contributed by atoms with E-state index in [1.54, 1.807) is 18.2 Å². The average molecular weight is 523 g/mol. The molecule has 3 aromatic rings. The fourth-order valence-corrected chi connectivity index (χ4v) is 3.62. The minimum atomic E-state index is -0.488. The van der Waals surface area contributed by atoms with Gasteiger partial charge in [0.05, 0.1) is 41.5 Å². The van der Waals surface area contributed by atoms with Gasteiger partial charge in [-0.05, 0) is 42.5 Å². The lowest BCUT2D eigenvalue weighted by atomic mass is 10.1. The van der Waals surface area contributed by atoms with Gasteiger partial charge in [0.1, 0.15) is 0 Å². The fourth-order valence-electron chi connectivity index (χ4n) is 2.43. The summed E-state index contributed by atoms with van der Waals surface area (Å²) in [5.41, 5.74) is 1.03. The zero-order valence-corrected chi connectivity index (χ0v) is 19.2. The molecule has 3 aromatic carbocycles. The number of amides is 2. The SMILES string of the molecule is O=C(Nc1cc(Cl)c(Cl)cc1Cl)c1cccc(C(=O)Nc2cc(Cl)c(Cl)cc2Cl)c1. The molecular weight excluding hydrogens is 513 g/mol. The van der Waals surface area contributed by atoms with E-state index in [1.807, 2.05) is 0 Å². The third-order valence-corrected chi connectivity index (χ3v) is 5.97. The van der Waals surface area contributed by atoms with Gasteiger partial charge < -0.3 is 10.6 Å². The van der Waals surface area contributed by atoms with Crippen LogP contribution in [0.15, 0.2) is 48.5 Å². The summed E-state index contributed by atoms with van der Waals surface area (Å²) >= 11 is 35.9. The number of rotatable bonds is 4. The molecule has 2 amide bonds. The predicted octanol–water partition coefficient (Wildman–Crippen LogP) is 8.11. The van der Waals surface area contributed by atoms with Crippen molar-refractivity contribution in [3.8, 4) is 0 Å². The van der Waals surface area contributed by atoms with E-state index in [0.717, 1.165) is 0 Å². The zero-order chi connectivity index (χ0) is 22.0.